The topological polar surface area (TPSA) is 52.5 Å². The van der Waals surface area contributed by atoms with Crippen LogP contribution < -0.4 is 9.80 Å². The first-order valence-corrected chi connectivity index (χ1v) is 12.4. The van der Waals surface area contributed by atoms with Gasteiger partial charge in [0.15, 0.2) is 0 Å². The van der Waals surface area contributed by atoms with Crippen LogP contribution in [0.1, 0.15) is 55.5 Å². The second kappa shape index (κ2) is 8.77. The molecule has 5 nitrogen and oxygen atoms in total. The summed E-state index contributed by atoms with van der Waals surface area (Å²) in [6.45, 7) is 7.05. The average Bonchev–Trinajstić information content (AvgIpc) is 3.57. The zero-order valence-electron chi connectivity index (χ0n) is 19.8. The number of aliphatic hydroxyl groups excluding tert-OH is 1. The fourth-order valence-electron chi connectivity index (χ4n) is 5.03. The maximum atomic E-state index is 9.40. The first-order chi connectivity index (χ1) is 15.9. The smallest absolute Gasteiger partial charge is 0.140 e. The first-order valence-electron chi connectivity index (χ1n) is 12.0. The largest absolute Gasteiger partial charge is 0.395 e. The number of aliphatic hydroxyl groups is 1. The highest BCUT2D eigenvalue weighted by Crippen LogP contribution is 2.48. The van der Waals surface area contributed by atoms with E-state index in [9.17, 15) is 5.11 Å². The number of piperidine rings is 1. The third kappa shape index (κ3) is 4.29. The molecule has 0 amide bonds. The summed E-state index contributed by atoms with van der Waals surface area (Å²) in [5, 5.41) is 11.1. The van der Waals surface area contributed by atoms with E-state index in [-0.39, 0.29) is 12.0 Å². The molecule has 0 atom stereocenters. The number of anilines is 2. The minimum Gasteiger partial charge on any atom is -0.395 e. The molecule has 1 saturated carbocycles. The van der Waals surface area contributed by atoms with E-state index in [4.69, 9.17) is 21.6 Å². The van der Waals surface area contributed by atoms with Gasteiger partial charge in [-0.15, -0.1) is 0 Å². The Balaban J connectivity index is 1.52. The van der Waals surface area contributed by atoms with Gasteiger partial charge in [0.05, 0.1) is 17.1 Å². The lowest BCUT2D eigenvalue weighted by Gasteiger charge is -2.34. The molecule has 3 aromatic rings. The highest BCUT2D eigenvalue weighted by Gasteiger charge is 2.43. The molecule has 1 aliphatic carbocycles. The quantitative estimate of drug-likeness (QED) is 0.525. The molecule has 0 spiro atoms. The van der Waals surface area contributed by atoms with Gasteiger partial charge in [-0.3, -0.25) is 0 Å². The highest BCUT2D eigenvalue weighted by molar-refractivity contribution is 6.35. The number of hydrogen-bond acceptors (Lipinski definition) is 5. The zero-order chi connectivity index (χ0) is 23.2. The Morgan fingerprint density at radius 3 is 2.55 bits per heavy atom. The molecule has 0 radical (unpaired) electrons. The van der Waals surface area contributed by atoms with Crippen molar-refractivity contribution >= 4 is 34.0 Å². The van der Waals surface area contributed by atoms with E-state index in [0.717, 1.165) is 67.0 Å². The van der Waals surface area contributed by atoms with Gasteiger partial charge in [0.25, 0.3) is 0 Å². The molecule has 1 aliphatic heterocycles. The van der Waals surface area contributed by atoms with Gasteiger partial charge >= 0.3 is 0 Å². The van der Waals surface area contributed by atoms with Crippen LogP contribution in [0.2, 0.25) is 5.02 Å². The standard InChI is InChI=1S/C27H33ClN4O/c1-18-6-4-5-7-21(18)19-8-12-32(13-9-19)25-22-16-20(31(3)14-15-33)17-23(28)24(22)29-26(30-25)27(2)10-11-27/h4-7,16-17,19,33H,8-15H2,1-3H3. The summed E-state index contributed by atoms with van der Waals surface area (Å²) >= 11 is 6.78. The van der Waals surface area contributed by atoms with E-state index in [0.29, 0.717) is 17.5 Å². The summed E-state index contributed by atoms with van der Waals surface area (Å²) < 4.78 is 0. The van der Waals surface area contributed by atoms with Gasteiger partial charge in [0, 0.05) is 43.2 Å². The number of aryl methyl sites for hydroxylation is 1. The second-order valence-corrected chi connectivity index (χ2v) is 10.4. The Bertz CT molecular complexity index is 1170. The maximum absolute atomic E-state index is 9.40. The van der Waals surface area contributed by atoms with Gasteiger partial charge < -0.3 is 14.9 Å². The Kier molecular flexibility index (Phi) is 5.96. The van der Waals surface area contributed by atoms with E-state index in [1.807, 2.05) is 18.0 Å². The molecule has 0 unspecified atom stereocenters. The fraction of sp³-hybridized carbons (Fsp3) is 0.481. The van der Waals surface area contributed by atoms with Gasteiger partial charge in [-0.2, -0.15) is 0 Å². The molecule has 33 heavy (non-hydrogen) atoms. The van der Waals surface area contributed by atoms with E-state index < -0.39 is 0 Å². The number of nitrogens with zero attached hydrogens (tertiary/aromatic N) is 4. The van der Waals surface area contributed by atoms with Crippen molar-refractivity contribution in [1.29, 1.82) is 0 Å². The van der Waals surface area contributed by atoms with Crippen molar-refractivity contribution in [1.82, 2.24) is 9.97 Å². The summed E-state index contributed by atoms with van der Waals surface area (Å²) in [6, 6.07) is 12.9. The van der Waals surface area contributed by atoms with Crippen LogP contribution in [-0.2, 0) is 5.41 Å². The van der Waals surface area contributed by atoms with Crippen molar-refractivity contribution in [3.63, 3.8) is 0 Å². The maximum Gasteiger partial charge on any atom is 0.140 e. The number of hydrogen-bond donors (Lipinski definition) is 1. The first kappa shape index (κ1) is 22.4. The zero-order valence-corrected chi connectivity index (χ0v) is 20.6. The molecular weight excluding hydrogens is 432 g/mol. The third-order valence-corrected chi connectivity index (χ3v) is 7.85. The lowest BCUT2D eigenvalue weighted by molar-refractivity contribution is 0.304. The molecule has 2 heterocycles. The lowest BCUT2D eigenvalue weighted by Crippen LogP contribution is -2.34. The van der Waals surface area contributed by atoms with Crippen molar-refractivity contribution < 1.29 is 5.11 Å². The Hall–Kier alpha value is -2.37. The number of likely N-dealkylation sites (N-methyl/N-ethyl adjacent to an activating group) is 1. The normalized spacial score (nSPS) is 18.0. The molecule has 1 N–H and O–H groups in total. The Labute approximate surface area is 201 Å². The van der Waals surface area contributed by atoms with Gasteiger partial charge in [0.2, 0.25) is 0 Å². The molecule has 2 fully saturated rings. The van der Waals surface area contributed by atoms with Crippen molar-refractivity contribution in [3.8, 4) is 0 Å². The summed E-state index contributed by atoms with van der Waals surface area (Å²) in [5.41, 5.74) is 4.75. The van der Waals surface area contributed by atoms with E-state index >= 15 is 0 Å². The molecule has 2 aliphatic rings. The summed E-state index contributed by atoms with van der Waals surface area (Å²) in [7, 11) is 1.97. The summed E-state index contributed by atoms with van der Waals surface area (Å²) in [6.07, 6.45) is 4.48. The number of rotatable bonds is 6. The third-order valence-electron chi connectivity index (χ3n) is 7.56. The van der Waals surface area contributed by atoms with Crippen LogP contribution in [0.3, 0.4) is 0 Å². The van der Waals surface area contributed by atoms with Gasteiger partial charge in [-0.25, -0.2) is 9.97 Å². The van der Waals surface area contributed by atoms with Crippen molar-refractivity contribution in [2.75, 3.05) is 43.1 Å². The van der Waals surface area contributed by atoms with Crippen LogP contribution in [0.5, 0.6) is 0 Å². The van der Waals surface area contributed by atoms with Gasteiger partial charge in [-0.05, 0) is 61.8 Å². The fourth-order valence-corrected chi connectivity index (χ4v) is 5.28. The monoisotopic (exact) mass is 464 g/mol. The van der Waals surface area contributed by atoms with Crippen molar-refractivity contribution in [3.05, 3.63) is 58.4 Å². The Morgan fingerprint density at radius 2 is 1.88 bits per heavy atom. The molecule has 174 valence electrons. The van der Waals surface area contributed by atoms with Gasteiger partial charge in [-0.1, -0.05) is 42.8 Å². The number of fused-ring (bicyclic) bond motifs is 1. The number of aromatic nitrogens is 2. The van der Waals surface area contributed by atoms with Crippen molar-refractivity contribution in [2.24, 2.45) is 0 Å². The Morgan fingerprint density at radius 1 is 1.15 bits per heavy atom. The minimum absolute atomic E-state index is 0.0676. The number of benzene rings is 2. The average molecular weight is 465 g/mol. The predicted octanol–water partition coefficient (Wildman–Crippen LogP) is 5.46. The molecule has 5 rings (SSSR count). The SMILES string of the molecule is Cc1ccccc1C1CCN(c2nc(C3(C)CC3)nc3c(Cl)cc(N(C)CCO)cc23)CC1. The van der Waals surface area contributed by atoms with E-state index in [1.165, 1.54) is 11.1 Å². The van der Waals surface area contributed by atoms with Crippen molar-refractivity contribution in [2.45, 2.75) is 50.9 Å². The predicted molar refractivity (Wildman–Crippen MR) is 137 cm³/mol. The van der Waals surface area contributed by atoms with E-state index in [2.05, 4.69) is 49.1 Å². The minimum atomic E-state index is 0.0676. The van der Waals surface area contributed by atoms with E-state index in [1.54, 1.807) is 0 Å². The lowest BCUT2D eigenvalue weighted by atomic mass is 9.87. The van der Waals surface area contributed by atoms with Crippen LogP contribution in [0.15, 0.2) is 36.4 Å². The van der Waals surface area contributed by atoms with Crippen LogP contribution in [0.4, 0.5) is 11.5 Å². The summed E-state index contributed by atoms with van der Waals surface area (Å²) in [4.78, 5) is 14.6. The van der Waals surface area contributed by atoms with Crippen LogP contribution in [-0.4, -0.2) is 48.4 Å². The van der Waals surface area contributed by atoms with Crippen LogP contribution in [0, 0.1) is 6.92 Å². The molecule has 1 aromatic heterocycles. The number of halogens is 1. The second-order valence-electron chi connectivity index (χ2n) is 10.0. The highest BCUT2D eigenvalue weighted by atomic mass is 35.5. The molecule has 6 heteroatoms. The van der Waals surface area contributed by atoms with Crippen LogP contribution in [0.25, 0.3) is 10.9 Å². The molecule has 1 saturated heterocycles. The van der Waals surface area contributed by atoms with Gasteiger partial charge in [0.1, 0.15) is 11.6 Å². The summed E-state index contributed by atoms with van der Waals surface area (Å²) in [5.74, 6) is 2.52. The molecule has 2 aromatic carbocycles. The molecular formula is C27H33ClN4O. The molecule has 0 bridgehead atoms. The van der Waals surface area contributed by atoms with Crippen LogP contribution >= 0.6 is 11.6 Å².